The average Bonchev–Trinajstić information content (AvgIpc) is 2.86. The van der Waals surface area contributed by atoms with Gasteiger partial charge >= 0.3 is 6.03 Å². The van der Waals surface area contributed by atoms with Crippen LogP contribution in [0, 0.1) is 0 Å². The van der Waals surface area contributed by atoms with E-state index in [1.54, 1.807) is 6.92 Å². The lowest BCUT2D eigenvalue weighted by Crippen LogP contribution is -2.45. The number of imide groups is 1. The van der Waals surface area contributed by atoms with Crippen LogP contribution in [0.4, 0.5) is 4.79 Å². The Hall–Kier alpha value is -2.18. The topological polar surface area (TPSA) is 52.7 Å². The molecule has 0 bridgehead atoms. The summed E-state index contributed by atoms with van der Waals surface area (Å²) in [6.45, 7) is 3.65. The molecule has 3 amide bonds. The zero-order chi connectivity index (χ0) is 18.3. The number of nitrogens with zero attached hydrogens (tertiary/aromatic N) is 2. The van der Waals surface area contributed by atoms with Crippen molar-refractivity contribution in [2.24, 2.45) is 0 Å². The van der Waals surface area contributed by atoms with Crippen LogP contribution in [0.2, 0.25) is 0 Å². The van der Waals surface area contributed by atoms with Gasteiger partial charge in [0.05, 0.1) is 6.67 Å². The van der Waals surface area contributed by atoms with Crippen LogP contribution in [0.25, 0.3) is 0 Å². The minimum atomic E-state index is -1.05. The fourth-order valence-corrected chi connectivity index (χ4v) is 4.43. The van der Waals surface area contributed by atoms with E-state index in [9.17, 15) is 9.59 Å². The summed E-state index contributed by atoms with van der Waals surface area (Å²) in [5.74, 6) is -0.215. The summed E-state index contributed by atoms with van der Waals surface area (Å²) in [6, 6.07) is 15.5. The highest BCUT2D eigenvalue weighted by atomic mass is 79.9. The normalized spacial score (nSPS) is 23.1. The summed E-state index contributed by atoms with van der Waals surface area (Å²) in [7, 11) is 0. The summed E-state index contributed by atoms with van der Waals surface area (Å²) < 4.78 is 0.810. The maximum atomic E-state index is 13.1. The Morgan fingerprint density at radius 2 is 1.77 bits per heavy atom. The first-order chi connectivity index (χ1) is 12.5. The largest absolute Gasteiger partial charge is 0.326 e. The number of carbonyl (C=O) groups excluding carboxylic acids is 2. The predicted molar refractivity (Wildman–Crippen MR) is 102 cm³/mol. The first kappa shape index (κ1) is 17.2. The van der Waals surface area contributed by atoms with E-state index in [0.717, 1.165) is 29.5 Å². The van der Waals surface area contributed by atoms with Crippen molar-refractivity contribution in [1.29, 1.82) is 0 Å². The van der Waals surface area contributed by atoms with Crippen molar-refractivity contribution in [1.82, 2.24) is 15.1 Å². The third kappa shape index (κ3) is 2.83. The Morgan fingerprint density at radius 3 is 2.54 bits per heavy atom. The second kappa shape index (κ2) is 6.52. The first-order valence-corrected chi connectivity index (χ1v) is 9.46. The standard InChI is InChI=1S/C20H20BrN3O2/c1-20(16-8-4-5-9-17(16)21)18(25)24(19(26)22-20)13-23-11-10-14-6-2-3-7-15(14)12-23/h2-9H,10-13H2,1H3,(H,22,26). The number of rotatable bonds is 3. The third-order valence-corrected chi connectivity index (χ3v) is 5.93. The van der Waals surface area contributed by atoms with Gasteiger partial charge in [-0.05, 0) is 30.5 Å². The van der Waals surface area contributed by atoms with Gasteiger partial charge in [-0.3, -0.25) is 9.69 Å². The average molecular weight is 414 g/mol. The molecule has 1 saturated heterocycles. The van der Waals surface area contributed by atoms with Gasteiger partial charge < -0.3 is 5.32 Å². The molecule has 1 unspecified atom stereocenters. The van der Waals surface area contributed by atoms with Crippen LogP contribution in [0.15, 0.2) is 53.0 Å². The van der Waals surface area contributed by atoms with Crippen molar-refractivity contribution >= 4 is 27.9 Å². The number of nitrogens with one attached hydrogen (secondary N) is 1. The highest BCUT2D eigenvalue weighted by Crippen LogP contribution is 2.34. The molecule has 0 saturated carbocycles. The molecule has 2 aliphatic heterocycles. The molecule has 5 nitrogen and oxygen atoms in total. The lowest BCUT2D eigenvalue weighted by atomic mass is 9.92. The quantitative estimate of drug-likeness (QED) is 0.785. The van der Waals surface area contributed by atoms with Crippen LogP contribution in [0.1, 0.15) is 23.6 Å². The molecule has 4 rings (SSSR count). The molecule has 6 heteroatoms. The van der Waals surface area contributed by atoms with Gasteiger partial charge in [0, 0.05) is 23.1 Å². The van der Waals surface area contributed by atoms with E-state index in [1.165, 1.54) is 16.0 Å². The van der Waals surface area contributed by atoms with Crippen molar-refractivity contribution in [3.05, 3.63) is 69.7 Å². The molecule has 2 aromatic carbocycles. The second-order valence-electron chi connectivity index (χ2n) is 6.98. The highest BCUT2D eigenvalue weighted by molar-refractivity contribution is 9.10. The molecule has 134 valence electrons. The van der Waals surface area contributed by atoms with Crippen LogP contribution >= 0.6 is 15.9 Å². The number of carbonyl (C=O) groups is 2. The van der Waals surface area contributed by atoms with Gasteiger partial charge in [-0.2, -0.15) is 0 Å². The monoisotopic (exact) mass is 413 g/mol. The smallest absolute Gasteiger partial charge is 0.319 e. The molecule has 1 N–H and O–H groups in total. The summed E-state index contributed by atoms with van der Waals surface area (Å²) in [5.41, 5.74) is 2.33. The van der Waals surface area contributed by atoms with Gasteiger partial charge in [0.15, 0.2) is 0 Å². The van der Waals surface area contributed by atoms with Gasteiger partial charge in [-0.1, -0.05) is 58.4 Å². The third-order valence-electron chi connectivity index (χ3n) is 5.24. The fourth-order valence-electron chi connectivity index (χ4n) is 3.75. The Balaban J connectivity index is 1.55. The first-order valence-electron chi connectivity index (χ1n) is 8.67. The van der Waals surface area contributed by atoms with Crippen LogP contribution < -0.4 is 5.32 Å². The Kier molecular flexibility index (Phi) is 4.32. The number of halogens is 1. The van der Waals surface area contributed by atoms with Crippen molar-refractivity contribution in [3.63, 3.8) is 0 Å². The van der Waals surface area contributed by atoms with E-state index < -0.39 is 5.54 Å². The molecule has 1 atom stereocenters. The number of urea groups is 1. The maximum absolute atomic E-state index is 13.1. The number of hydrogen-bond donors (Lipinski definition) is 1. The molecular weight excluding hydrogens is 394 g/mol. The summed E-state index contributed by atoms with van der Waals surface area (Å²) in [4.78, 5) is 29.1. The predicted octanol–water partition coefficient (Wildman–Crippen LogP) is 3.23. The van der Waals surface area contributed by atoms with E-state index >= 15 is 0 Å². The van der Waals surface area contributed by atoms with Gasteiger partial charge in [-0.15, -0.1) is 0 Å². The Morgan fingerprint density at radius 1 is 1.08 bits per heavy atom. The minimum absolute atomic E-state index is 0.215. The molecule has 0 spiro atoms. The lowest BCUT2D eigenvalue weighted by molar-refractivity contribution is -0.132. The van der Waals surface area contributed by atoms with Crippen molar-refractivity contribution in [3.8, 4) is 0 Å². The van der Waals surface area contributed by atoms with Crippen LogP contribution in [0.3, 0.4) is 0 Å². The van der Waals surface area contributed by atoms with Crippen molar-refractivity contribution < 1.29 is 9.59 Å². The minimum Gasteiger partial charge on any atom is -0.319 e. The second-order valence-corrected chi connectivity index (χ2v) is 7.84. The molecule has 1 fully saturated rings. The fraction of sp³-hybridized carbons (Fsp3) is 0.300. The van der Waals surface area contributed by atoms with E-state index in [0.29, 0.717) is 6.67 Å². The van der Waals surface area contributed by atoms with Gasteiger partial charge in [-0.25, -0.2) is 9.69 Å². The Bertz CT molecular complexity index is 885. The summed E-state index contributed by atoms with van der Waals surface area (Å²) in [5, 5.41) is 2.88. The summed E-state index contributed by atoms with van der Waals surface area (Å²) in [6.07, 6.45) is 0.932. The number of fused-ring (bicyclic) bond motifs is 1. The molecule has 2 aromatic rings. The maximum Gasteiger partial charge on any atom is 0.326 e. The molecule has 0 aliphatic carbocycles. The highest BCUT2D eigenvalue weighted by Gasteiger charge is 2.50. The number of benzene rings is 2. The van der Waals surface area contributed by atoms with Crippen molar-refractivity contribution in [2.45, 2.75) is 25.4 Å². The van der Waals surface area contributed by atoms with Crippen LogP contribution in [-0.4, -0.2) is 35.0 Å². The zero-order valence-electron chi connectivity index (χ0n) is 14.5. The van der Waals surface area contributed by atoms with Crippen molar-refractivity contribution in [2.75, 3.05) is 13.2 Å². The zero-order valence-corrected chi connectivity index (χ0v) is 16.1. The lowest BCUT2D eigenvalue weighted by Gasteiger charge is -2.31. The SMILES string of the molecule is CC1(c2ccccc2Br)NC(=O)N(CN2CCc3ccccc3C2)C1=O. The van der Waals surface area contributed by atoms with Gasteiger partial charge in [0.1, 0.15) is 5.54 Å². The molecular formula is C20H20BrN3O2. The van der Waals surface area contributed by atoms with E-state index in [-0.39, 0.29) is 11.9 Å². The molecule has 2 heterocycles. The number of amides is 3. The molecule has 0 aromatic heterocycles. The van der Waals surface area contributed by atoms with E-state index in [4.69, 9.17) is 0 Å². The van der Waals surface area contributed by atoms with E-state index in [1.807, 2.05) is 30.3 Å². The molecule has 2 aliphatic rings. The molecule has 26 heavy (non-hydrogen) atoms. The van der Waals surface area contributed by atoms with Crippen LogP contribution in [0.5, 0.6) is 0 Å². The molecule has 0 radical (unpaired) electrons. The van der Waals surface area contributed by atoms with Gasteiger partial charge in [0.2, 0.25) is 0 Å². The Labute approximate surface area is 161 Å². The summed E-state index contributed by atoms with van der Waals surface area (Å²) >= 11 is 3.49. The van der Waals surface area contributed by atoms with Crippen LogP contribution in [-0.2, 0) is 23.3 Å². The van der Waals surface area contributed by atoms with E-state index in [2.05, 4.69) is 44.3 Å². The number of hydrogen-bond acceptors (Lipinski definition) is 3. The van der Waals surface area contributed by atoms with Gasteiger partial charge in [0.25, 0.3) is 5.91 Å².